The van der Waals surface area contributed by atoms with Crippen molar-refractivity contribution in [3.63, 3.8) is 0 Å². The molecule has 1 N–H and O–H groups in total. The molecule has 12 aromatic rings. The van der Waals surface area contributed by atoms with Gasteiger partial charge in [0.05, 0.1) is 28.7 Å². The van der Waals surface area contributed by atoms with E-state index in [2.05, 4.69) is 266 Å². The highest BCUT2D eigenvalue weighted by Crippen LogP contribution is 2.48. The molecule has 0 saturated carbocycles. The van der Waals surface area contributed by atoms with Crippen molar-refractivity contribution >= 4 is 56.0 Å². The van der Waals surface area contributed by atoms with Gasteiger partial charge in [-0.25, -0.2) is 19.3 Å². The van der Waals surface area contributed by atoms with Gasteiger partial charge in [0.1, 0.15) is 22.5 Å². The maximum Gasteiger partial charge on any atom is 0.234 e. The summed E-state index contributed by atoms with van der Waals surface area (Å²) in [5.41, 5.74) is 11.3. The van der Waals surface area contributed by atoms with Gasteiger partial charge in [-0.3, -0.25) is 4.79 Å². The number of nitrogens with one attached hydrogen (secondary N) is 1. The van der Waals surface area contributed by atoms with E-state index in [4.69, 9.17) is 19.7 Å². The summed E-state index contributed by atoms with van der Waals surface area (Å²) in [5.74, 6) is 1.40. The third-order valence-electron chi connectivity index (χ3n) is 16.9. The smallest absolute Gasteiger partial charge is 0.234 e. The molecule has 1 atom stereocenters. The zero-order chi connectivity index (χ0) is 59.5. The van der Waals surface area contributed by atoms with Crippen LogP contribution < -0.4 is 19.7 Å². The van der Waals surface area contributed by atoms with Crippen LogP contribution >= 0.6 is 22.6 Å². The summed E-state index contributed by atoms with van der Waals surface area (Å²) < 4.78 is 17.2. The molecule has 1 amide bonds. The number of pyridine rings is 2. The summed E-state index contributed by atoms with van der Waals surface area (Å²) in [7, 11) is 0. The Morgan fingerprint density at radius 2 is 0.874 bits per heavy atom. The van der Waals surface area contributed by atoms with Crippen molar-refractivity contribution in [3.8, 4) is 34.3 Å². The lowest BCUT2D eigenvalue weighted by atomic mass is 9.77. The van der Waals surface area contributed by atoms with Gasteiger partial charge in [-0.15, -0.1) is 0 Å². The van der Waals surface area contributed by atoms with Crippen LogP contribution in [-0.4, -0.2) is 67.3 Å². The van der Waals surface area contributed by atoms with E-state index in [9.17, 15) is 4.79 Å². The summed E-state index contributed by atoms with van der Waals surface area (Å²) >= 11 is 2.37. The van der Waals surface area contributed by atoms with Gasteiger partial charge < -0.3 is 19.7 Å². The molecule has 1 spiro atoms. The van der Waals surface area contributed by atoms with Crippen LogP contribution in [0, 0.1) is 8.99 Å². The molecular formula is C75H67IN8O3. The average Bonchev–Trinajstić information content (AvgIpc) is 1.70. The molecule has 11 nitrogen and oxygen atoms in total. The van der Waals surface area contributed by atoms with E-state index in [0.29, 0.717) is 18.3 Å². The summed E-state index contributed by atoms with van der Waals surface area (Å²) in [6, 6.07) is 84.5. The number of carbonyl (C=O) groups is 1. The predicted octanol–water partition coefficient (Wildman–Crippen LogP) is 15.8. The van der Waals surface area contributed by atoms with Crippen LogP contribution in [0.5, 0.6) is 11.8 Å². The minimum absolute atomic E-state index is 0.0190. The SMILES string of the molecule is CC(C)Oc1ccc(-c2nn(C(c3ccccc3)(c3ccccc3)c3ccccc3)c3ccc(I)cc23)cn1.CC(C)Oc1ccc(-c2nn(C(c3ccccc3)(c3ccccc3)c3ccccc3)c3ccc(N4CC[C@]5(CCNC5)C4=O)cc23)cn1. The van der Waals surface area contributed by atoms with Crippen LogP contribution in [0.2, 0.25) is 0 Å². The van der Waals surface area contributed by atoms with Crippen molar-refractivity contribution in [2.45, 2.75) is 63.8 Å². The first kappa shape index (κ1) is 56.9. The molecule has 2 fully saturated rings. The Morgan fingerprint density at radius 3 is 1.23 bits per heavy atom. The maximum absolute atomic E-state index is 13.9. The second-order valence-corrected chi connectivity index (χ2v) is 24.3. The molecule has 2 aliphatic rings. The molecule has 4 aromatic heterocycles. The summed E-state index contributed by atoms with van der Waals surface area (Å²) in [6.07, 6.45) is 5.53. The van der Waals surface area contributed by atoms with Gasteiger partial charge in [-0.2, -0.15) is 10.2 Å². The van der Waals surface area contributed by atoms with Crippen LogP contribution in [0.1, 0.15) is 73.9 Å². The standard InChI is InChI=1S/C41H39N5O2.C34H28IN3O/c1-29(2)48-37-21-18-30(27-43-37)38-35-26-34(45-25-23-40(39(45)47)22-24-42-28-40)19-20-36(35)46(44-38)41(31-12-6-3-7-13-31,32-14-8-4-9-15-32)33-16-10-5-11-17-33;1-24(2)39-32-21-18-25(23-36-32)33-30-22-29(35)19-20-31(30)38(37-33)34(26-12-6-3-7-13-26,27-14-8-4-9-15-27)28-16-10-5-11-17-28/h3-21,26-27,29,42H,22-25,28H2,1-2H3;3-24H,1-2H3/t40-;/m0./s1. The highest BCUT2D eigenvalue weighted by Gasteiger charge is 2.49. The molecule has 6 heterocycles. The van der Waals surface area contributed by atoms with Gasteiger partial charge in [0, 0.05) is 68.8 Å². The van der Waals surface area contributed by atoms with E-state index >= 15 is 0 Å². The quantitative estimate of drug-likeness (QED) is 0.0798. The Labute approximate surface area is 521 Å². The first-order valence-electron chi connectivity index (χ1n) is 29.9. The van der Waals surface area contributed by atoms with Crippen LogP contribution in [0.4, 0.5) is 5.69 Å². The van der Waals surface area contributed by atoms with E-state index in [-0.39, 0.29) is 23.5 Å². The van der Waals surface area contributed by atoms with E-state index in [1.54, 1.807) is 0 Å². The molecule has 0 aliphatic carbocycles. The van der Waals surface area contributed by atoms with Crippen molar-refractivity contribution in [3.05, 3.63) is 292 Å². The van der Waals surface area contributed by atoms with E-state index in [1.807, 2.05) is 69.3 Å². The number of carbonyl (C=O) groups excluding carboxylic acids is 1. The van der Waals surface area contributed by atoms with E-state index < -0.39 is 11.1 Å². The largest absolute Gasteiger partial charge is 0.475 e. The van der Waals surface area contributed by atoms with Crippen LogP contribution in [0.3, 0.4) is 0 Å². The number of amides is 1. The number of hydrogen-bond donors (Lipinski definition) is 1. The molecule has 0 radical (unpaired) electrons. The Bertz CT molecular complexity index is 4120. The van der Waals surface area contributed by atoms with Gasteiger partial charge in [-0.05, 0) is 152 Å². The van der Waals surface area contributed by atoms with Gasteiger partial charge in [0.2, 0.25) is 17.7 Å². The van der Waals surface area contributed by atoms with Crippen molar-refractivity contribution in [1.29, 1.82) is 0 Å². The van der Waals surface area contributed by atoms with Gasteiger partial charge in [-0.1, -0.05) is 182 Å². The van der Waals surface area contributed by atoms with Crippen molar-refractivity contribution in [2.24, 2.45) is 5.41 Å². The third kappa shape index (κ3) is 10.5. The van der Waals surface area contributed by atoms with Gasteiger partial charge in [0.25, 0.3) is 0 Å². The Balaban J connectivity index is 0.000000165. The summed E-state index contributed by atoms with van der Waals surface area (Å²) in [6.45, 7) is 10.3. The Kier molecular flexibility index (Phi) is 15.9. The first-order valence-corrected chi connectivity index (χ1v) is 31.0. The number of anilines is 1. The predicted molar refractivity (Wildman–Crippen MR) is 356 cm³/mol. The van der Waals surface area contributed by atoms with Crippen LogP contribution in [0.25, 0.3) is 44.3 Å². The Hall–Kier alpha value is -9.24. The third-order valence-corrected chi connectivity index (χ3v) is 17.6. The monoisotopic (exact) mass is 1250 g/mol. The normalized spacial score (nSPS) is 15.2. The Morgan fingerprint density at radius 1 is 0.483 bits per heavy atom. The molecular weight excluding hydrogens is 1190 g/mol. The molecule has 87 heavy (non-hydrogen) atoms. The zero-order valence-corrected chi connectivity index (χ0v) is 51.3. The second-order valence-electron chi connectivity index (χ2n) is 23.0. The minimum atomic E-state index is -0.807. The zero-order valence-electron chi connectivity index (χ0n) is 49.2. The number of benzene rings is 8. The fourth-order valence-electron chi connectivity index (χ4n) is 13.0. The summed E-state index contributed by atoms with van der Waals surface area (Å²) in [5, 5.41) is 16.4. The lowest BCUT2D eigenvalue weighted by molar-refractivity contribution is -0.124. The topological polar surface area (TPSA) is 112 Å². The lowest BCUT2D eigenvalue weighted by Gasteiger charge is -2.37. The van der Waals surface area contributed by atoms with Gasteiger partial charge in [0.15, 0.2) is 0 Å². The molecule has 432 valence electrons. The van der Waals surface area contributed by atoms with Gasteiger partial charge >= 0.3 is 0 Å². The number of ether oxygens (including phenoxy) is 2. The highest BCUT2D eigenvalue weighted by atomic mass is 127. The fraction of sp³-hybridized carbons (Fsp3) is 0.187. The molecule has 8 aromatic carbocycles. The second kappa shape index (κ2) is 24.3. The van der Waals surface area contributed by atoms with Crippen molar-refractivity contribution < 1.29 is 14.3 Å². The number of hydrogen-bond acceptors (Lipinski definition) is 8. The number of fused-ring (bicyclic) bond motifs is 2. The molecule has 14 rings (SSSR count). The summed E-state index contributed by atoms with van der Waals surface area (Å²) in [4.78, 5) is 25.1. The van der Waals surface area contributed by atoms with Crippen molar-refractivity contribution in [2.75, 3.05) is 24.5 Å². The lowest BCUT2D eigenvalue weighted by Crippen LogP contribution is -2.38. The first-order chi connectivity index (χ1) is 42.6. The molecule has 12 heteroatoms. The van der Waals surface area contributed by atoms with Crippen LogP contribution in [0.15, 0.2) is 255 Å². The molecule has 0 bridgehead atoms. The number of aromatic nitrogens is 6. The maximum atomic E-state index is 13.9. The van der Waals surface area contributed by atoms with E-state index in [0.717, 1.165) is 113 Å². The molecule has 2 aliphatic heterocycles. The number of rotatable bonds is 15. The average molecular weight is 1260 g/mol. The molecule has 0 unspecified atom stereocenters. The van der Waals surface area contributed by atoms with E-state index in [1.165, 1.54) is 0 Å². The minimum Gasteiger partial charge on any atom is -0.475 e. The molecule has 2 saturated heterocycles. The highest BCUT2D eigenvalue weighted by molar-refractivity contribution is 14.1. The van der Waals surface area contributed by atoms with Crippen molar-refractivity contribution in [1.82, 2.24) is 34.8 Å². The number of nitrogens with zero attached hydrogens (tertiary/aromatic N) is 7. The number of halogens is 1. The van der Waals surface area contributed by atoms with Crippen LogP contribution in [-0.2, 0) is 15.9 Å². The fourth-order valence-corrected chi connectivity index (χ4v) is 13.5.